The fraction of sp³-hybridized carbons (Fsp3) is 0.172. The lowest BCUT2D eigenvalue weighted by molar-refractivity contribution is -0.384. The number of allylic oxidation sites excluding steroid dienone is 3. The van der Waals surface area contributed by atoms with E-state index < -0.39 is 22.6 Å². The van der Waals surface area contributed by atoms with Crippen molar-refractivity contribution in [2.24, 2.45) is 0 Å². The Morgan fingerprint density at radius 2 is 1.70 bits per heavy atom. The van der Waals surface area contributed by atoms with Gasteiger partial charge in [-0.1, -0.05) is 54.6 Å². The number of hydrogen-bond acceptors (Lipinski definition) is 5. The largest absolute Gasteiger partial charge is 0.362 e. The number of para-hydroxylation sites is 1. The van der Waals surface area contributed by atoms with Crippen molar-refractivity contribution < 1.29 is 18.9 Å². The third-order valence-electron chi connectivity index (χ3n) is 6.88. The maximum Gasteiger partial charge on any atom is 0.269 e. The summed E-state index contributed by atoms with van der Waals surface area (Å²) in [5, 5.41) is 17.4. The highest BCUT2D eigenvalue weighted by Gasteiger charge is 2.41. The number of Topliss-reactive ketones (excluding diaryl/α,β-unsaturated/α-hetero) is 1. The van der Waals surface area contributed by atoms with Crippen LogP contribution in [0.25, 0.3) is 0 Å². The Balaban J connectivity index is 1.60. The van der Waals surface area contributed by atoms with Gasteiger partial charge in [0.15, 0.2) is 5.78 Å². The van der Waals surface area contributed by atoms with Gasteiger partial charge in [0.05, 0.1) is 10.6 Å². The van der Waals surface area contributed by atoms with E-state index in [-0.39, 0.29) is 35.1 Å². The molecule has 0 spiro atoms. The van der Waals surface area contributed by atoms with Gasteiger partial charge in [0.2, 0.25) is 0 Å². The van der Waals surface area contributed by atoms with Crippen LogP contribution in [0, 0.1) is 15.9 Å². The van der Waals surface area contributed by atoms with Crippen LogP contribution in [0.15, 0.2) is 101 Å². The summed E-state index contributed by atoms with van der Waals surface area (Å²) < 4.78 is 14.3. The monoisotopic (exact) mass is 497 g/mol. The summed E-state index contributed by atoms with van der Waals surface area (Å²) in [6.07, 6.45) is 0.799. The Kier molecular flexibility index (Phi) is 6.40. The average molecular weight is 498 g/mol. The minimum atomic E-state index is -0.841. The molecule has 1 heterocycles. The predicted octanol–water partition coefficient (Wildman–Crippen LogP) is 5.73. The molecule has 1 amide bonds. The molecule has 1 aliphatic carbocycles. The highest BCUT2D eigenvalue weighted by molar-refractivity contribution is 6.10. The van der Waals surface area contributed by atoms with E-state index in [1.54, 1.807) is 19.1 Å². The van der Waals surface area contributed by atoms with Gasteiger partial charge < -0.3 is 10.6 Å². The molecule has 2 atom stereocenters. The van der Waals surface area contributed by atoms with E-state index in [0.29, 0.717) is 29.0 Å². The van der Waals surface area contributed by atoms with Crippen LogP contribution in [0.3, 0.4) is 0 Å². The number of nitro benzene ring substituents is 1. The van der Waals surface area contributed by atoms with Crippen LogP contribution >= 0.6 is 0 Å². The zero-order valence-electron chi connectivity index (χ0n) is 20.0. The number of carbonyl (C=O) groups is 2. The van der Waals surface area contributed by atoms with Crippen LogP contribution in [0.1, 0.15) is 42.7 Å². The van der Waals surface area contributed by atoms with Crippen molar-refractivity contribution in [2.75, 3.05) is 5.32 Å². The van der Waals surface area contributed by atoms with Gasteiger partial charge in [0.25, 0.3) is 11.6 Å². The first-order chi connectivity index (χ1) is 17.8. The number of nitro groups is 1. The number of nitrogens with one attached hydrogen (secondary N) is 2. The van der Waals surface area contributed by atoms with E-state index in [9.17, 15) is 24.1 Å². The lowest BCUT2D eigenvalue weighted by atomic mass is 9.71. The third-order valence-corrected chi connectivity index (χ3v) is 6.88. The minimum absolute atomic E-state index is 0.00415. The SMILES string of the molecule is CC1=C(C(=O)Nc2ccccc2F)C(c2cccc([N+](=O)[O-])c2)C2=C(CC(c3ccccc3)CC2=O)N1. The maximum absolute atomic E-state index is 14.3. The number of carbonyl (C=O) groups excluding carboxylic acids is 2. The van der Waals surface area contributed by atoms with Crippen LogP contribution in [-0.2, 0) is 9.59 Å². The second kappa shape index (κ2) is 9.81. The summed E-state index contributed by atoms with van der Waals surface area (Å²) in [7, 11) is 0. The molecular formula is C29H24FN3O4. The first kappa shape index (κ1) is 24.1. The Hall–Kier alpha value is -4.59. The molecule has 0 fully saturated rings. The number of hydrogen-bond donors (Lipinski definition) is 2. The van der Waals surface area contributed by atoms with Crippen molar-refractivity contribution in [1.82, 2.24) is 5.32 Å². The number of ketones is 1. The highest BCUT2D eigenvalue weighted by Crippen LogP contribution is 2.46. The van der Waals surface area contributed by atoms with Crippen LogP contribution in [0.4, 0.5) is 15.8 Å². The number of dihydropyridines is 1. The highest BCUT2D eigenvalue weighted by atomic mass is 19.1. The normalized spacial score (nSPS) is 19.2. The van der Waals surface area contributed by atoms with Gasteiger partial charge >= 0.3 is 0 Å². The molecule has 186 valence electrons. The lowest BCUT2D eigenvalue weighted by Crippen LogP contribution is -2.37. The molecule has 0 saturated heterocycles. The van der Waals surface area contributed by atoms with E-state index in [1.807, 2.05) is 30.3 Å². The first-order valence-corrected chi connectivity index (χ1v) is 11.9. The summed E-state index contributed by atoms with van der Waals surface area (Å²) >= 11 is 0. The summed E-state index contributed by atoms with van der Waals surface area (Å²) in [4.78, 5) is 38.2. The fourth-order valence-corrected chi connectivity index (χ4v) is 5.20. The summed E-state index contributed by atoms with van der Waals surface area (Å²) in [6.45, 7) is 1.72. The molecule has 2 aliphatic rings. The smallest absolute Gasteiger partial charge is 0.269 e. The van der Waals surface area contributed by atoms with Gasteiger partial charge in [-0.15, -0.1) is 0 Å². The summed E-state index contributed by atoms with van der Waals surface area (Å²) in [5.74, 6) is -2.19. The van der Waals surface area contributed by atoms with E-state index in [4.69, 9.17) is 0 Å². The topological polar surface area (TPSA) is 101 Å². The van der Waals surface area contributed by atoms with Gasteiger partial charge in [-0.3, -0.25) is 19.7 Å². The number of rotatable bonds is 5. The fourth-order valence-electron chi connectivity index (χ4n) is 5.20. The number of anilines is 1. The van der Waals surface area contributed by atoms with Crippen LogP contribution in [0.5, 0.6) is 0 Å². The molecule has 0 bridgehead atoms. The number of nitrogens with zero attached hydrogens (tertiary/aromatic N) is 1. The minimum Gasteiger partial charge on any atom is -0.362 e. The maximum atomic E-state index is 14.3. The quantitative estimate of drug-likeness (QED) is 0.346. The zero-order chi connectivity index (χ0) is 26.1. The van der Waals surface area contributed by atoms with E-state index in [0.717, 1.165) is 5.56 Å². The van der Waals surface area contributed by atoms with Crippen molar-refractivity contribution in [3.8, 4) is 0 Å². The molecule has 5 rings (SSSR count). The van der Waals surface area contributed by atoms with Gasteiger partial charge in [-0.2, -0.15) is 0 Å². The average Bonchev–Trinajstić information content (AvgIpc) is 2.89. The molecule has 2 N–H and O–H groups in total. The van der Waals surface area contributed by atoms with E-state index in [2.05, 4.69) is 10.6 Å². The Labute approximate surface area is 212 Å². The van der Waals surface area contributed by atoms with Crippen molar-refractivity contribution in [1.29, 1.82) is 0 Å². The van der Waals surface area contributed by atoms with Crippen molar-refractivity contribution in [3.63, 3.8) is 0 Å². The van der Waals surface area contributed by atoms with Gasteiger partial charge in [-0.05, 0) is 42.5 Å². The van der Waals surface area contributed by atoms with Crippen LogP contribution < -0.4 is 10.6 Å². The Morgan fingerprint density at radius 1 is 1.00 bits per heavy atom. The van der Waals surface area contributed by atoms with Gasteiger partial charge in [0, 0.05) is 47.0 Å². The molecule has 7 nitrogen and oxygen atoms in total. The Bertz CT molecular complexity index is 1480. The van der Waals surface area contributed by atoms with Gasteiger partial charge in [-0.25, -0.2) is 4.39 Å². The van der Waals surface area contributed by atoms with Crippen LogP contribution in [-0.4, -0.2) is 16.6 Å². The molecule has 8 heteroatoms. The molecule has 1 aliphatic heterocycles. The van der Waals surface area contributed by atoms with Crippen molar-refractivity contribution in [3.05, 3.63) is 128 Å². The molecule has 37 heavy (non-hydrogen) atoms. The summed E-state index contributed by atoms with van der Waals surface area (Å²) in [5.41, 5.74) is 3.19. The standard InChI is InChI=1S/C29H24FN3O4/c1-17-26(29(35)32-23-13-6-5-12-22(23)30)27(19-10-7-11-21(14-19)33(36)37)28-24(31-17)15-20(16-25(28)34)18-8-3-2-4-9-18/h2-14,20,27,31H,15-16H2,1H3,(H,32,35). The molecule has 2 unspecified atom stereocenters. The zero-order valence-corrected chi connectivity index (χ0v) is 20.0. The molecule has 0 aromatic heterocycles. The molecule has 3 aromatic rings. The molecule has 0 saturated carbocycles. The van der Waals surface area contributed by atoms with Gasteiger partial charge in [0.1, 0.15) is 5.82 Å². The second-order valence-corrected chi connectivity index (χ2v) is 9.21. The number of amides is 1. The number of non-ortho nitro benzene ring substituents is 1. The first-order valence-electron chi connectivity index (χ1n) is 11.9. The van der Waals surface area contributed by atoms with E-state index >= 15 is 0 Å². The third kappa shape index (κ3) is 4.65. The van der Waals surface area contributed by atoms with Crippen molar-refractivity contribution in [2.45, 2.75) is 31.6 Å². The molecular weight excluding hydrogens is 473 g/mol. The Morgan fingerprint density at radius 3 is 2.43 bits per heavy atom. The van der Waals surface area contributed by atoms with Crippen molar-refractivity contribution >= 4 is 23.1 Å². The van der Waals surface area contributed by atoms with E-state index in [1.165, 1.54) is 36.4 Å². The molecule has 3 aromatic carbocycles. The summed E-state index contributed by atoms with van der Waals surface area (Å²) in [6, 6.07) is 21.5. The second-order valence-electron chi connectivity index (χ2n) is 9.21. The number of benzene rings is 3. The number of halogens is 1. The van der Waals surface area contributed by atoms with Crippen LogP contribution in [0.2, 0.25) is 0 Å². The lowest BCUT2D eigenvalue weighted by Gasteiger charge is -2.37. The molecule has 0 radical (unpaired) electrons. The predicted molar refractivity (Wildman–Crippen MR) is 137 cm³/mol.